The van der Waals surface area contributed by atoms with Gasteiger partial charge in [0, 0.05) is 18.5 Å². The topological polar surface area (TPSA) is 133 Å². The van der Waals surface area contributed by atoms with Gasteiger partial charge in [0.1, 0.15) is 23.8 Å². The van der Waals surface area contributed by atoms with E-state index < -0.39 is 53.3 Å². The van der Waals surface area contributed by atoms with Crippen LogP contribution in [-0.2, 0) is 36.9 Å². The second-order valence-electron chi connectivity index (χ2n) is 12.0. The van der Waals surface area contributed by atoms with Crippen molar-refractivity contribution in [3.8, 4) is 11.5 Å². The van der Waals surface area contributed by atoms with Crippen LogP contribution in [-0.4, -0.2) is 78.1 Å². The van der Waals surface area contributed by atoms with Gasteiger partial charge in [0.25, 0.3) is 0 Å². The van der Waals surface area contributed by atoms with Crippen molar-refractivity contribution in [2.24, 2.45) is 5.41 Å². The summed E-state index contributed by atoms with van der Waals surface area (Å²) in [4.78, 5) is 54.9. The van der Waals surface area contributed by atoms with Gasteiger partial charge in [-0.1, -0.05) is 26.8 Å². The predicted octanol–water partition coefficient (Wildman–Crippen LogP) is 2.95. The molecule has 0 bridgehead atoms. The number of carbonyl (C=O) groups is 4. The summed E-state index contributed by atoms with van der Waals surface area (Å²) in [6, 6.07) is 1.72. The molecule has 1 fully saturated rings. The molecule has 1 N–H and O–H groups in total. The van der Waals surface area contributed by atoms with E-state index in [1.54, 1.807) is 41.5 Å². The normalized spacial score (nSPS) is 20.8. The first-order valence-electron chi connectivity index (χ1n) is 12.9. The summed E-state index contributed by atoms with van der Waals surface area (Å²) < 4.78 is 27.0. The zero-order valence-corrected chi connectivity index (χ0v) is 23.5. The number of esters is 1. The van der Waals surface area contributed by atoms with Gasteiger partial charge in [-0.25, -0.2) is 14.4 Å². The molecule has 4 rings (SSSR count). The molecule has 0 aromatic heterocycles. The minimum absolute atomic E-state index is 0.0277. The van der Waals surface area contributed by atoms with Gasteiger partial charge in [-0.3, -0.25) is 9.69 Å². The number of rotatable bonds is 4. The minimum atomic E-state index is -1.01. The summed E-state index contributed by atoms with van der Waals surface area (Å²) in [5, 5.41) is 2.66. The van der Waals surface area contributed by atoms with Crippen molar-refractivity contribution in [1.82, 2.24) is 15.1 Å². The van der Waals surface area contributed by atoms with Gasteiger partial charge in [-0.2, -0.15) is 0 Å². The lowest BCUT2D eigenvalue weighted by molar-refractivity contribution is -0.152. The van der Waals surface area contributed by atoms with Crippen LogP contribution in [0.3, 0.4) is 0 Å². The van der Waals surface area contributed by atoms with Gasteiger partial charge in [0.05, 0.1) is 20.2 Å². The van der Waals surface area contributed by atoms with Gasteiger partial charge in [0.2, 0.25) is 12.7 Å². The van der Waals surface area contributed by atoms with E-state index >= 15 is 0 Å². The van der Waals surface area contributed by atoms with E-state index in [2.05, 4.69) is 5.32 Å². The summed E-state index contributed by atoms with van der Waals surface area (Å²) in [6.45, 7) is 11.3. The number of nitrogens with one attached hydrogen (secondary N) is 1. The molecule has 3 aliphatic rings. The molecule has 3 heterocycles. The third kappa shape index (κ3) is 6.15. The Bertz CT molecular complexity index is 1150. The van der Waals surface area contributed by atoms with E-state index in [1.165, 1.54) is 16.9 Å². The molecule has 12 heteroatoms. The Kier molecular flexibility index (Phi) is 7.59. The fourth-order valence-corrected chi connectivity index (χ4v) is 4.92. The van der Waals surface area contributed by atoms with Gasteiger partial charge >= 0.3 is 18.2 Å². The number of fused-ring (bicyclic) bond motifs is 3. The number of hydrogen-bond acceptors (Lipinski definition) is 9. The van der Waals surface area contributed by atoms with Crippen molar-refractivity contribution in [3.63, 3.8) is 0 Å². The zero-order chi connectivity index (χ0) is 28.7. The molecule has 0 radical (unpaired) electrons. The first kappa shape index (κ1) is 28.3. The van der Waals surface area contributed by atoms with Crippen LogP contribution in [0.5, 0.6) is 11.5 Å². The number of benzene rings is 1. The van der Waals surface area contributed by atoms with Crippen molar-refractivity contribution >= 4 is 24.1 Å². The first-order valence-corrected chi connectivity index (χ1v) is 12.9. The molecule has 1 saturated heterocycles. The number of nitrogens with zero attached hydrogens (tertiary/aromatic N) is 2. The predicted molar refractivity (Wildman–Crippen MR) is 137 cm³/mol. The van der Waals surface area contributed by atoms with Crippen LogP contribution in [0, 0.1) is 5.41 Å². The Balaban J connectivity index is 1.46. The SMILES string of the molecule is COC(=O)[C@@H]1C[C@@H](OC(=O)N2Cc3ccc4c(c3C2)OCO4)CN1C(=O)[C@@H](NC(=O)OC(C)(C)C)C(C)(C)C. The van der Waals surface area contributed by atoms with Gasteiger partial charge < -0.3 is 33.9 Å². The number of alkyl carbamates (subject to hydrolysis) is 1. The van der Waals surface area contributed by atoms with Crippen LogP contribution in [0.15, 0.2) is 12.1 Å². The van der Waals surface area contributed by atoms with Crippen molar-refractivity contribution in [1.29, 1.82) is 0 Å². The Morgan fingerprint density at radius 3 is 2.41 bits per heavy atom. The van der Waals surface area contributed by atoms with Crippen LogP contribution in [0.25, 0.3) is 0 Å². The lowest BCUT2D eigenvalue weighted by Gasteiger charge is -2.35. The zero-order valence-electron chi connectivity index (χ0n) is 23.5. The maximum atomic E-state index is 13.7. The van der Waals surface area contributed by atoms with E-state index in [1.807, 2.05) is 12.1 Å². The van der Waals surface area contributed by atoms with Gasteiger partial charge in [0.15, 0.2) is 11.5 Å². The molecule has 3 aliphatic heterocycles. The van der Waals surface area contributed by atoms with Crippen molar-refractivity contribution in [2.45, 2.75) is 84.8 Å². The van der Waals surface area contributed by atoms with E-state index in [0.29, 0.717) is 24.6 Å². The summed E-state index contributed by atoms with van der Waals surface area (Å²) in [6.07, 6.45) is -1.99. The molecule has 0 saturated carbocycles. The molecule has 3 amide bonds. The highest BCUT2D eigenvalue weighted by Crippen LogP contribution is 2.41. The summed E-state index contributed by atoms with van der Waals surface area (Å²) >= 11 is 0. The fraction of sp³-hybridized carbons (Fsp3) is 0.630. The minimum Gasteiger partial charge on any atom is -0.467 e. The smallest absolute Gasteiger partial charge is 0.410 e. The molecular formula is C27H37N3O9. The van der Waals surface area contributed by atoms with Crippen LogP contribution in [0.1, 0.15) is 59.1 Å². The molecular weight excluding hydrogens is 510 g/mol. The monoisotopic (exact) mass is 547 g/mol. The summed E-state index contributed by atoms with van der Waals surface area (Å²) in [7, 11) is 1.23. The maximum Gasteiger partial charge on any atom is 0.410 e. The molecule has 0 unspecified atom stereocenters. The van der Waals surface area contributed by atoms with Crippen LogP contribution in [0.4, 0.5) is 9.59 Å². The number of carbonyl (C=O) groups excluding carboxylic acids is 4. The molecule has 0 spiro atoms. The second-order valence-corrected chi connectivity index (χ2v) is 12.0. The average Bonchev–Trinajstić information content (AvgIpc) is 3.56. The molecule has 39 heavy (non-hydrogen) atoms. The maximum absolute atomic E-state index is 13.7. The Morgan fingerprint density at radius 1 is 1.05 bits per heavy atom. The third-order valence-electron chi connectivity index (χ3n) is 6.77. The van der Waals surface area contributed by atoms with E-state index in [0.717, 1.165) is 11.1 Å². The number of hydrogen-bond donors (Lipinski definition) is 1. The van der Waals surface area contributed by atoms with E-state index in [9.17, 15) is 19.2 Å². The highest BCUT2D eigenvalue weighted by atomic mass is 16.7. The standard InChI is InChI=1S/C27H37N3O9/c1-26(2,3)21(28-24(33)39-27(4,5)6)22(31)30-12-16(10-18(30)23(32)35-7)38-25(34)29-11-15-8-9-19-20(17(15)13-29)37-14-36-19/h8-9,16,18,21H,10-14H2,1-7H3,(H,28,33)/t16-,18+,21-/m1/s1. The Labute approximate surface area is 227 Å². The highest BCUT2D eigenvalue weighted by molar-refractivity contribution is 5.91. The Morgan fingerprint density at radius 2 is 1.77 bits per heavy atom. The molecule has 214 valence electrons. The number of amides is 3. The van der Waals surface area contributed by atoms with Crippen LogP contribution in [0.2, 0.25) is 0 Å². The van der Waals surface area contributed by atoms with Crippen molar-refractivity contribution in [2.75, 3.05) is 20.4 Å². The largest absolute Gasteiger partial charge is 0.467 e. The van der Waals surface area contributed by atoms with Crippen molar-refractivity contribution in [3.05, 3.63) is 23.3 Å². The summed E-state index contributed by atoms with van der Waals surface area (Å²) in [5.74, 6) is 0.150. The molecule has 0 aliphatic carbocycles. The summed E-state index contributed by atoms with van der Waals surface area (Å²) in [5.41, 5.74) is 0.342. The number of ether oxygens (including phenoxy) is 5. The van der Waals surface area contributed by atoms with Crippen molar-refractivity contribution < 1.29 is 42.9 Å². The second kappa shape index (κ2) is 10.5. The quantitative estimate of drug-likeness (QED) is 0.446. The highest BCUT2D eigenvalue weighted by Gasteiger charge is 2.47. The van der Waals surface area contributed by atoms with Gasteiger partial charge in [-0.05, 0) is 37.8 Å². The third-order valence-corrected chi connectivity index (χ3v) is 6.77. The number of likely N-dealkylation sites (tertiary alicyclic amines) is 1. The molecule has 1 aromatic rings. The lowest BCUT2D eigenvalue weighted by atomic mass is 9.85. The fourth-order valence-electron chi connectivity index (χ4n) is 4.92. The molecule has 3 atom stereocenters. The van der Waals surface area contributed by atoms with Gasteiger partial charge in [-0.15, -0.1) is 0 Å². The van der Waals surface area contributed by atoms with Crippen LogP contribution < -0.4 is 14.8 Å². The molecule has 12 nitrogen and oxygen atoms in total. The van der Waals surface area contributed by atoms with E-state index in [4.69, 9.17) is 23.7 Å². The average molecular weight is 548 g/mol. The lowest BCUT2D eigenvalue weighted by Crippen LogP contribution is -2.57. The van der Waals surface area contributed by atoms with E-state index in [-0.39, 0.29) is 19.8 Å². The number of methoxy groups -OCH3 is 1. The molecule has 1 aromatic carbocycles. The first-order chi connectivity index (χ1) is 18.2. The Hall–Kier alpha value is -3.70. The van der Waals surface area contributed by atoms with Crippen LogP contribution >= 0.6 is 0 Å².